The van der Waals surface area contributed by atoms with Crippen LogP contribution in [0.2, 0.25) is 0 Å². The largest absolute Gasteiger partial charge is 0.500 e. The summed E-state index contributed by atoms with van der Waals surface area (Å²) in [6.45, 7) is 7.20. The van der Waals surface area contributed by atoms with Crippen LogP contribution in [0.25, 0.3) is 0 Å². The van der Waals surface area contributed by atoms with Crippen molar-refractivity contribution in [2.24, 2.45) is 5.73 Å². The van der Waals surface area contributed by atoms with Crippen molar-refractivity contribution < 1.29 is 27.6 Å². The molecule has 1 heterocycles. The summed E-state index contributed by atoms with van der Waals surface area (Å²) in [6.07, 6.45) is -1.04. The smallest absolute Gasteiger partial charge is 0.441 e. The molecule has 3 rings (SSSR count). The molecule has 0 radical (unpaired) electrons. The fourth-order valence-corrected chi connectivity index (χ4v) is 3.12. The molecule has 1 atom stereocenters. The fourth-order valence-electron chi connectivity index (χ4n) is 3.12. The van der Waals surface area contributed by atoms with Crippen LogP contribution >= 0.6 is 0 Å². The molecule has 1 aromatic rings. The number of amides is 1. The minimum Gasteiger partial charge on any atom is -0.441 e. The lowest BCUT2D eigenvalue weighted by Gasteiger charge is -2.32. The highest BCUT2D eigenvalue weighted by Gasteiger charge is 2.54. The summed E-state index contributed by atoms with van der Waals surface area (Å²) in [7, 11) is -1.17. The summed E-state index contributed by atoms with van der Waals surface area (Å²) in [6, 6.07) is 1.25. The number of benzene rings is 1. The minimum atomic E-state index is -1.17. The summed E-state index contributed by atoms with van der Waals surface area (Å²) in [4.78, 5) is 11.0. The monoisotopic (exact) mass is 339 g/mol. The molecular weight excluding hydrogens is 319 g/mol. The molecule has 0 saturated carbocycles. The van der Waals surface area contributed by atoms with Crippen LogP contribution in [-0.2, 0) is 20.5 Å². The number of halogens is 2. The van der Waals surface area contributed by atoms with E-state index in [0.717, 1.165) is 0 Å². The second kappa shape index (κ2) is 5.42. The second-order valence-electron chi connectivity index (χ2n) is 7.21. The first-order valence-corrected chi connectivity index (χ1v) is 7.86. The van der Waals surface area contributed by atoms with Crippen molar-refractivity contribution in [3.63, 3.8) is 0 Å². The second-order valence-corrected chi connectivity index (χ2v) is 7.21. The lowest BCUT2D eigenvalue weighted by molar-refractivity contribution is 0.00578. The third-order valence-corrected chi connectivity index (χ3v) is 5.12. The van der Waals surface area contributed by atoms with Gasteiger partial charge in [0.1, 0.15) is 17.7 Å². The molecule has 1 amide bonds. The molecule has 1 aromatic carbocycles. The van der Waals surface area contributed by atoms with Gasteiger partial charge in [0.25, 0.3) is 0 Å². The quantitative estimate of drug-likeness (QED) is 0.840. The van der Waals surface area contributed by atoms with Gasteiger partial charge in [-0.25, -0.2) is 13.6 Å². The number of hydrogen-bond acceptors (Lipinski definition) is 4. The maximum Gasteiger partial charge on any atom is 0.500 e. The Morgan fingerprint density at radius 1 is 1.29 bits per heavy atom. The van der Waals surface area contributed by atoms with Crippen molar-refractivity contribution in [1.29, 1.82) is 0 Å². The zero-order chi connectivity index (χ0) is 17.9. The number of primary amides is 1. The maximum absolute atomic E-state index is 15.1. The van der Waals surface area contributed by atoms with Crippen molar-refractivity contribution in [3.8, 4) is 0 Å². The molecule has 1 aliphatic heterocycles. The van der Waals surface area contributed by atoms with Gasteiger partial charge in [0.2, 0.25) is 0 Å². The number of aryl methyl sites for hydroxylation is 1. The summed E-state index contributed by atoms with van der Waals surface area (Å²) in [5.74, 6) is -1.53. The summed E-state index contributed by atoms with van der Waals surface area (Å²) >= 11 is 0. The Hall–Kier alpha value is -1.67. The summed E-state index contributed by atoms with van der Waals surface area (Å²) < 4.78 is 46.0. The lowest BCUT2D eigenvalue weighted by atomic mass is 9.76. The van der Waals surface area contributed by atoms with Crippen molar-refractivity contribution >= 4 is 18.7 Å². The first-order chi connectivity index (χ1) is 11.0. The fraction of sp³-hybridized carbons (Fsp3) is 0.562. The van der Waals surface area contributed by atoms with Crippen LogP contribution in [0.3, 0.4) is 0 Å². The van der Waals surface area contributed by atoms with Gasteiger partial charge in [-0.15, -0.1) is 0 Å². The van der Waals surface area contributed by atoms with Crippen molar-refractivity contribution in [1.82, 2.24) is 0 Å². The molecule has 1 fully saturated rings. The summed E-state index contributed by atoms with van der Waals surface area (Å²) in [5.41, 5.74) is 3.91. The normalized spacial score (nSPS) is 24.1. The molecule has 0 spiro atoms. The zero-order valence-electron chi connectivity index (χ0n) is 14.1. The Labute approximate surface area is 139 Å². The Bertz CT molecular complexity index is 692. The van der Waals surface area contributed by atoms with Crippen molar-refractivity contribution in [2.45, 2.75) is 57.8 Å². The number of fused-ring (bicyclic) bond motifs is 1. The number of carbonyl (C=O) groups excluding carboxylic acids is 1. The SMILES string of the molecule is CC1(C)OB(c2c(F)cc3c(c2F)C(OC(N)=O)CC3)OC1(C)C. The van der Waals surface area contributed by atoms with Crippen molar-refractivity contribution in [3.05, 3.63) is 28.8 Å². The third-order valence-electron chi connectivity index (χ3n) is 5.12. The Balaban J connectivity index is 2.04. The molecule has 2 N–H and O–H groups in total. The van der Waals surface area contributed by atoms with Crippen LogP contribution in [0.5, 0.6) is 0 Å². The van der Waals surface area contributed by atoms with Crippen molar-refractivity contribution in [2.75, 3.05) is 0 Å². The average molecular weight is 339 g/mol. The van der Waals surface area contributed by atoms with Crippen LogP contribution in [0.4, 0.5) is 13.6 Å². The molecule has 5 nitrogen and oxygen atoms in total. The van der Waals surface area contributed by atoms with Gasteiger partial charge in [-0.05, 0) is 52.2 Å². The highest BCUT2D eigenvalue weighted by molar-refractivity contribution is 6.62. The predicted octanol–water partition coefficient (Wildman–Crippen LogP) is 2.35. The van der Waals surface area contributed by atoms with E-state index in [-0.39, 0.29) is 11.0 Å². The van der Waals surface area contributed by atoms with E-state index in [0.29, 0.717) is 18.4 Å². The molecule has 1 unspecified atom stereocenters. The van der Waals surface area contributed by atoms with Gasteiger partial charge in [0.05, 0.1) is 16.7 Å². The molecule has 8 heteroatoms. The topological polar surface area (TPSA) is 70.8 Å². The number of rotatable bonds is 2. The number of ether oxygens (including phenoxy) is 1. The van der Waals surface area contributed by atoms with Gasteiger partial charge in [0, 0.05) is 5.56 Å². The molecule has 0 bridgehead atoms. The van der Waals surface area contributed by atoms with Gasteiger partial charge in [-0.1, -0.05) is 0 Å². The minimum absolute atomic E-state index is 0.153. The molecule has 24 heavy (non-hydrogen) atoms. The third kappa shape index (κ3) is 2.57. The van der Waals surface area contributed by atoms with Crippen LogP contribution in [0.15, 0.2) is 6.07 Å². The highest BCUT2D eigenvalue weighted by atomic mass is 19.1. The lowest BCUT2D eigenvalue weighted by Crippen LogP contribution is -2.41. The number of hydrogen-bond donors (Lipinski definition) is 1. The predicted molar refractivity (Wildman–Crippen MR) is 83.8 cm³/mol. The Morgan fingerprint density at radius 3 is 2.42 bits per heavy atom. The van der Waals surface area contributed by atoms with E-state index in [4.69, 9.17) is 19.8 Å². The molecule has 1 saturated heterocycles. The molecule has 1 aliphatic carbocycles. The highest BCUT2D eigenvalue weighted by Crippen LogP contribution is 2.39. The number of carbonyl (C=O) groups is 1. The van der Waals surface area contributed by atoms with Gasteiger partial charge >= 0.3 is 13.2 Å². The van der Waals surface area contributed by atoms with Gasteiger partial charge in [-0.2, -0.15) is 0 Å². The molecule has 130 valence electrons. The van der Waals surface area contributed by atoms with Gasteiger partial charge < -0.3 is 19.8 Å². The van der Waals surface area contributed by atoms with Crippen LogP contribution < -0.4 is 11.2 Å². The first kappa shape index (κ1) is 17.2. The van der Waals surface area contributed by atoms with Gasteiger partial charge in [-0.3, -0.25) is 0 Å². The standard InChI is InChI=1S/C16H20BF2NO4/c1-15(2)16(3,4)24-17(23-15)12-9(18)7-8-5-6-10(22-14(20)21)11(8)13(12)19/h7,10H,5-6H2,1-4H3,(H2,20,21). The zero-order valence-corrected chi connectivity index (χ0v) is 14.1. The molecule has 0 aromatic heterocycles. The molecular formula is C16H20BF2NO4. The first-order valence-electron chi connectivity index (χ1n) is 7.86. The summed E-state index contributed by atoms with van der Waals surface area (Å²) in [5, 5.41) is 0. The van der Waals surface area contributed by atoms with E-state index in [2.05, 4.69) is 0 Å². The Kier molecular flexibility index (Phi) is 3.88. The van der Waals surface area contributed by atoms with Crippen LogP contribution in [0.1, 0.15) is 51.3 Å². The van der Waals surface area contributed by atoms with E-state index in [1.54, 1.807) is 27.7 Å². The number of nitrogens with two attached hydrogens (primary N) is 1. The average Bonchev–Trinajstić information content (AvgIpc) is 2.88. The van der Waals surface area contributed by atoms with E-state index in [9.17, 15) is 9.18 Å². The Morgan fingerprint density at radius 2 is 1.88 bits per heavy atom. The van der Waals surface area contributed by atoms with E-state index in [1.807, 2.05) is 0 Å². The van der Waals surface area contributed by atoms with Crippen LogP contribution in [0, 0.1) is 11.6 Å². The van der Waals surface area contributed by atoms with E-state index >= 15 is 4.39 Å². The van der Waals surface area contributed by atoms with E-state index < -0.39 is 42.2 Å². The van der Waals surface area contributed by atoms with Gasteiger partial charge in [0.15, 0.2) is 0 Å². The van der Waals surface area contributed by atoms with E-state index in [1.165, 1.54) is 6.07 Å². The molecule has 2 aliphatic rings. The maximum atomic E-state index is 15.1. The van der Waals surface area contributed by atoms with Crippen LogP contribution in [-0.4, -0.2) is 24.4 Å².